The van der Waals surface area contributed by atoms with Crippen molar-refractivity contribution in [2.24, 2.45) is 5.92 Å². The Morgan fingerprint density at radius 3 is 3.00 bits per heavy atom. The van der Waals surface area contributed by atoms with Crippen molar-refractivity contribution in [1.29, 1.82) is 0 Å². The van der Waals surface area contributed by atoms with Crippen molar-refractivity contribution in [2.75, 3.05) is 17.2 Å². The fourth-order valence-electron chi connectivity index (χ4n) is 2.33. The van der Waals surface area contributed by atoms with Gasteiger partial charge in [-0.05, 0) is 42.4 Å². The molecule has 17 heavy (non-hydrogen) atoms. The number of hydrogen-bond acceptors (Lipinski definition) is 4. The van der Waals surface area contributed by atoms with Gasteiger partial charge in [-0.3, -0.25) is 4.40 Å². The standard InChI is InChI=1S/C12H16N4S/c13-10-2-1-5-16-11(14-15-12(10)16)8-9-3-6-17-7-4-9/h1-2,5,9H,3-4,6-8,13H2. The smallest absolute Gasteiger partial charge is 0.183 e. The minimum Gasteiger partial charge on any atom is -0.396 e. The van der Waals surface area contributed by atoms with E-state index in [1.54, 1.807) is 0 Å². The van der Waals surface area contributed by atoms with Crippen molar-refractivity contribution >= 4 is 23.1 Å². The largest absolute Gasteiger partial charge is 0.396 e. The molecule has 90 valence electrons. The number of hydrogen-bond donors (Lipinski definition) is 1. The molecule has 1 aliphatic rings. The van der Waals surface area contributed by atoms with E-state index in [1.807, 2.05) is 22.7 Å². The lowest BCUT2D eigenvalue weighted by Crippen LogP contribution is -2.14. The van der Waals surface area contributed by atoms with Crippen molar-refractivity contribution in [3.8, 4) is 0 Å². The van der Waals surface area contributed by atoms with Gasteiger partial charge in [0, 0.05) is 12.6 Å². The molecule has 5 heteroatoms. The third kappa shape index (κ3) is 2.11. The van der Waals surface area contributed by atoms with E-state index < -0.39 is 0 Å². The zero-order valence-corrected chi connectivity index (χ0v) is 10.5. The Kier molecular flexibility index (Phi) is 2.93. The fourth-order valence-corrected chi connectivity index (χ4v) is 3.54. The molecular formula is C12H16N4S. The quantitative estimate of drug-likeness (QED) is 0.883. The molecule has 0 amide bonds. The lowest BCUT2D eigenvalue weighted by Gasteiger charge is -2.20. The number of pyridine rings is 1. The van der Waals surface area contributed by atoms with Crippen molar-refractivity contribution in [3.05, 3.63) is 24.2 Å². The molecular weight excluding hydrogens is 232 g/mol. The van der Waals surface area contributed by atoms with Crippen LogP contribution in [0.5, 0.6) is 0 Å². The van der Waals surface area contributed by atoms with Crippen molar-refractivity contribution in [1.82, 2.24) is 14.6 Å². The van der Waals surface area contributed by atoms with E-state index in [2.05, 4.69) is 22.0 Å². The number of fused-ring (bicyclic) bond motifs is 1. The monoisotopic (exact) mass is 248 g/mol. The van der Waals surface area contributed by atoms with Gasteiger partial charge >= 0.3 is 0 Å². The normalized spacial score (nSPS) is 17.6. The van der Waals surface area contributed by atoms with E-state index in [4.69, 9.17) is 5.73 Å². The number of thioether (sulfide) groups is 1. The maximum Gasteiger partial charge on any atom is 0.183 e. The van der Waals surface area contributed by atoms with Gasteiger partial charge in [0.25, 0.3) is 0 Å². The van der Waals surface area contributed by atoms with Crippen molar-refractivity contribution in [3.63, 3.8) is 0 Å². The molecule has 0 unspecified atom stereocenters. The molecule has 1 saturated heterocycles. The molecule has 0 aliphatic carbocycles. The van der Waals surface area contributed by atoms with E-state index in [0.29, 0.717) is 5.69 Å². The zero-order chi connectivity index (χ0) is 11.7. The first kappa shape index (κ1) is 10.9. The van der Waals surface area contributed by atoms with Gasteiger partial charge in [0.05, 0.1) is 5.69 Å². The fraction of sp³-hybridized carbons (Fsp3) is 0.500. The molecule has 2 aromatic heterocycles. The molecule has 3 rings (SSSR count). The highest BCUT2D eigenvalue weighted by atomic mass is 32.2. The van der Waals surface area contributed by atoms with Gasteiger partial charge in [-0.1, -0.05) is 0 Å². The van der Waals surface area contributed by atoms with Gasteiger partial charge < -0.3 is 5.73 Å². The number of aromatic nitrogens is 3. The predicted octanol–water partition coefficient (Wildman–Crippen LogP) is 2.00. The Hall–Kier alpha value is -1.23. The average molecular weight is 248 g/mol. The second-order valence-corrected chi connectivity index (χ2v) is 5.76. The third-order valence-corrected chi connectivity index (χ3v) is 4.40. The van der Waals surface area contributed by atoms with Gasteiger partial charge in [-0.25, -0.2) is 0 Å². The lowest BCUT2D eigenvalue weighted by molar-refractivity contribution is 0.474. The number of nitrogen functional groups attached to an aromatic ring is 1. The van der Waals surface area contributed by atoms with E-state index in [9.17, 15) is 0 Å². The molecule has 1 fully saturated rings. The summed E-state index contributed by atoms with van der Waals surface area (Å²) in [6.45, 7) is 0. The Morgan fingerprint density at radius 2 is 2.18 bits per heavy atom. The molecule has 2 aromatic rings. The highest BCUT2D eigenvalue weighted by Crippen LogP contribution is 2.25. The average Bonchev–Trinajstić information content (AvgIpc) is 2.76. The number of rotatable bonds is 2. The van der Waals surface area contributed by atoms with Crippen molar-refractivity contribution < 1.29 is 0 Å². The minimum atomic E-state index is 0.699. The molecule has 4 nitrogen and oxygen atoms in total. The van der Waals surface area contributed by atoms with Crippen LogP contribution in [0.15, 0.2) is 18.3 Å². The van der Waals surface area contributed by atoms with Crippen molar-refractivity contribution in [2.45, 2.75) is 19.3 Å². The number of nitrogens with zero attached hydrogens (tertiary/aromatic N) is 3. The first-order chi connectivity index (χ1) is 8.34. The Bertz CT molecular complexity index is 516. The summed E-state index contributed by atoms with van der Waals surface area (Å²) in [5, 5.41) is 8.44. The molecule has 0 radical (unpaired) electrons. The van der Waals surface area contributed by atoms with Crippen LogP contribution < -0.4 is 5.73 Å². The third-order valence-electron chi connectivity index (χ3n) is 3.35. The summed E-state index contributed by atoms with van der Waals surface area (Å²) < 4.78 is 2.02. The summed E-state index contributed by atoms with van der Waals surface area (Å²) >= 11 is 2.05. The molecule has 0 bridgehead atoms. The van der Waals surface area contributed by atoms with Crippen LogP contribution in [0.25, 0.3) is 5.65 Å². The summed E-state index contributed by atoms with van der Waals surface area (Å²) in [6, 6.07) is 3.82. The summed E-state index contributed by atoms with van der Waals surface area (Å²) in [5.41, 5.74) is 7.36. The van der Waals surface area contributed by atoms with Gasteiger partial charge in [0.15, 0.2) is 5.65 Å². The molecule has 0 aromatic carbocycles. The molecule has 3 heterocycles. The summed E-state index contributed by atoms with van der Waals surface area (Å²) in [7, 11) is 0. The molecule has 0 saturated carbocycles. The SMILES string of the molecule is Nc1cccn2c(CC3CCSCC3)nnc12. The Balaban J connectivity index is 1.87. The first-order valence-corrected chi connectivity index (χ1v) is 7.16. The van der Waals surface area contributed by atoms with Crippen LogP contribution in [0.2, 0.25) is 0 Å². The molecule has 1 aliphatic heterocycles. The van der Waals surface area contributed by atoms with Gasteiger partial charge in [0.1, 0.15) is 5.82 Å². The van der Waals surface area contributed by atoms with Gasteiger partial charge in [-0.15, -0.1) is 10.2 Å². The predicted molar refractivity (Wildman–Crippen MR) is 71.2 cm³/mol. The van der Waals surface area contributed by atoms with Crippen LogP contribution in [-0.4, -0.2) is 26.1 Å². The second kappa shape index (κ2) is 4.56. The highest BCUT2D eigenvalue weighted by Gasteiger charge is 2.17. The number of anilines is 1. The first-order valence-electron chi connectivity index (χ1n) is 6.00. The summed E-state index contributed by atoms with van der Waals surface area (Å²) in [4.78, 5) is 0. The van der Waals surface area contributed by atoms with Crippen LogP contribution in [0.3, 0.4) is 0 Å². The number of nitrogens with two attached hydrogens (primary N) is 1. The Labute approximate surface area is 105 Å². The Morgan fingerprint density at radius 1 is 1.35 bits per heavy atom. The van der Waals surface area contributed by atoms with Gasteiger partial charge in [0.2, 0.25) is 0 Å². The summed E-state index contributed by atoms with van der Waals surface area (Å²) in [5.74, 6) is 4.36. The van der Waals surface area contributed by atoms with E-state index in [-0.39, 0.29) is 0 Å². The van der Waals surface area contributed by atoms with Crippen LogP contribution in [0.4, 0.5) is 5.69 Å². The van der Waals surface area contributed by atoms with Crippen LogP contribution in [0.1, 0.15) is 18.7 Å². The van der Waals surface area contributed by atoms with E-state index >= 15 is 0 Å². The zero-order valence-electron chi connectivity index (χ0n) is 9.67. The van der Waals surface area contributed by atoms with E-state index in [0.717, 1.165) is 23.8 Å². The summed E-state index contributed by atoms with van der Waals surface area (Å²) in [6.07, 6.45) is 5.60. The lowest BCUT2D eigenvalue weighted by atomic mass is 9.98. The molecule has 0 spiro atoms. The van der Waals surface area contributed by atoms with Crippen LogP contribution in [-0.2, 0) is 6.42 Å². The molecule has 2 N–H and O–H groups in total. The van der Waals surface area contributed by atoms with E-state index in [1.165, 1.54) is 24.3 Å². The topological polar surface area (TPSA) is 56.2 Å². The maximum absolute atomic E-state index is 5.88. The molecule has 0 atom stereocenters. The highest BCUT2D eigenvalue weighted by molar-refractivity contribution is 7.99. The minimum absolute atomic E-state index is 0.699. The van der Waals surface area contributed by atoms with Gasteiger partial charge in [-0.2, -0.15) is 11.8 Å². The van der Waals surface area contributed by atoms with Crippen LogP contribution in [0, 0.1) is 5.92 Å². The maximum atomic E-state index is 5.88. The van der Waals surface area contributed by atoms with Crippen LogP contribution >= 0.6 is 11.8 Å². The second-order valence-electron chi connectivity index (χ2n) is 4.53.